The lowest BCUT2D eigenvalue weighted by Crippen LogP contribution is -2.50. The van der Waals surface area contributed by atoms with Gasteiger partial charge >= 0.3 is 5.69 Å². The number of ether oxygens (including phenoxy) is 5. The van der Waals surface area contributed by atoms with Crippen molar-refractivity contribution in [1.82, 2.24) is 14.2 Å². The largest absolute Gasteiger partial charge is 0.497 e. The molecule has 1 unspecified atom stereocenters. The van der Waals surface area contributed by atoms with Crippen molar-refractivity contribution in [2.45, 2.75) is 82.8 Å². The van der Waals surface area contributed by atoms with E-state index in [0.717, 1.165) is 16.7 Å². The molecule has 0 amide bonds. The molecule has 2 aliphatic rings. The van der Waals surface area contributed by atoms with Crippen LogP contribution >= 0.6 is 8.53 Å². The number of rotatable bonds is 17. The number of nitrogens with one attached hydrogen (secondary N) is 1. The lowest BCUT2D eigenvalue weighted by Gasteiger charge is -2.41. The molecule has 0 spiro atoms. The van der Waals surface area contributed by atoms with Gasteiger partial charge in [0, 0.05) is 23.8 Å². The highest BCUT2D eigenvalue weighted by Crippen LogP contribution is 2.54. The Hall–Kier alpha value is -4.38. The summed E-state index contributed by atoms with van der Waals surface area (Å²) in [5.41, 5.74) is -0.892. The Morgan fingerprint density at radius 2 is 1.51 bits per heavy atom. The predicted molar refractivity (Wildman–Crippen MR) is 207 cm³/mol. The van der Waals surface area contributed by atoms with Gasteiger partial charge in [0.15, 0.2) is 6.23 Å². The van der Waals surface area contributed by atoms with E-state index < -0.39 is 49.4 Å². The van der Waals surface area contributed by atoms with Crippen LogP contribution in [0.5, 0.6) is 11.5 Å². The van der Waals surface area contributed by atoms with Crippen molar-refractivity contribution >= 4 is 8.53 Å². The molecule has 5 atom stereocenters. The molecule has 0 radical (unpaired) electrons. The Morgan fingerprint density at radius 3 is 2.05 bits per heavy atom. The second-order valence-corrected chi connectivity index (χ2v) is 15.6. The molecule has 2 aliphatic heterocycles. The van der Waals surface area contributed by atoms with Crippen LogP contribution in [0, 0.1) is 18.3 Å². The van der Waals surface area contributed by atoms with Crippen molar-refractivity contribution in [3.63, 3.8) is 0 Å². The highest BCUT2D eigenvalue weighted by molar-refractivity contribution is 7.44. The van der Waals surface area contributed by atoms with Crippen molar-refractivity contribution in [3.05, 3.63) is 128 Å². The number of methoxy groups -OCH3 is 2. The molecule has 0 saturated carbocycles. The Bertz CT molecular complexity index is 1990. The molecule has 13 nitrogen and oxygen atoms in total. The number of benzene rings is 3. The molecule has 14 heteroatoms. The van der Waals surface area contributed by atoms with Gasteiger partial charge in [0.2, 0.25) is 0 Å². The number of aromatic nitrogens is 2. The number of aryl methyl sites for hydroxylation is 1. The Kier molecular flexibility index (Phi) is 12.6. The first-order chi connectivity index (χ1) is 26.5. The van der Waals surface area contributed by atoms with Gasteiger partial charge in [0.25, 0.3) is 14.1 Å². The number of H-pyrrole nitrogens is 1. The van der Waals surface area contributed by atoms with Gasteiger partial charge in [-0.15, -0.1) is 0 Å². The van der Waals surface area contributed by atoms with Gasteiger partial charge in [-0.05, 0) is 75.6 Å². The van der Waals surface area contributed by atoms with E-state index in [-0.39, 0.29) is 38.3 Å². The summed E-state index contributed by atoms with van der Waals surface area (Å²) in [6, 6.07) is 27.6. The highest BCUT2D eigenvalue weighted by atomic mass is 31.2. The number of nitrogens with zero attached hydrogens (tertiary/aromatic N) is 3. The van der Waals surface area contributed by atoms with Gasteiger partial charge in [-0.1, -0.05) is 54.6 Å². The van der Waals surface area contributed by atoms with Crippen molar-refractivity contribution < 1.29 is 32.7 Å². The van der Waals surface area contributed by atoms with E-state index in [9.17, 15) is 14.9 Å². The summed E-state index contributed by atoms with van der Waals surface area (Å²) in [6.07, 6.45) is -0.963. The smallest absolute Gasteiger partial charge is 0.330 e. The summed E-state index contributed by atoms with van der Waals surface area (Å²) in [6.45, 7) is 10.1. The SMILES string of the molecule is COc1ccc(C(O[C@H]2[C@H]3OC[C@]2(COP(OCCC#N)N(C(C)C)C(C)C)O[C@H]3n2cc(C)c(=O)[nH]c2=O)(c2ccccc2)c2ccc(OC)cc2)cc1. The lowest BCUT2D eigenvalue weighted by atomic mass is 9.79. The normalized spacial score (nSPS) is 21.3. The van der Waals surface area contributed by atoms with Crippen LogP contribution in [0.3, 0.4) is 0 Å². The van der Waals surface area contributed by atoms with Gasteiger partial charge in [-0.3, -0.25) is 14.3 Å². The molecule has 2 saturated heterocycles. The fourth-order valence-corrected chi connectivity index (χ4v) is 9.04. The van der Waals surface area contributed by atoms with E-state index in [0.29, 0.717) is 17.1 Å². The summed E-state index contributed by atoms with van der Waals surface area (Å²) in [4.78, 5) is 28.3. The van der Waals surface area contributed by atoms with Gasteiger partial charge in [-0.2, -0.15) is 5.26 Å². The number of hydrogen-bond acceptors (Lipinski definition) is 11. The van der Waals surface area contributed by atoms with E-state index in [4.69, 9.17) is 32.7 Å². The average Bonchev–Trinajstić information content (AvgIpc) is 3.68. The van der Waals surface area contributed by atoms with E-state index in [1.165, 1.54) is 10.8 Å². The number of nitriles is 1. The number of hydrogen-bond donors (Lipinski definition) is 1. The Balaban J connectivity index is 1.52. The van der Waals surface area contributed by atoms with Gasteiger partial charge in [0.05, 0.1) is 46.5 Å². The maximum atomic E-state index is 13.4. The van der Waals surface area contributed by atoms with Crippen LogP contribution in [0.4, 0.5) is 0 Å². The van der Waals surface area contributed by atoms with Crippen molar-refractivity contribution in [3.8, 4) is 17.6 Å². The number of fused-ring (bicyclic) bond motifs is 2. The molecule has 292 valence electrons. The topological polar surface area (TPSA) is 146 Å². The molecule has 4 aromatic rings. The van der Waals surface area contributed by atoms with E-state index >= 15 is 0 Å². The van der Waals surface area contributed by atoms with Crippen molar-refractivity contribution in [1.29, 1.82) is 5.26 Å². The molecule has 1 aromatic heterocycles. The van der Waals surface area contributed by atoms with Crippen LogP contribution in [0.15, 0.2) is 94.6 Å². The summed E-state index contributed by atoms with van der Waals surface area (Å²) in [5, 5.41) is 9.31. The number of aromatic amines is 1. The minimum Gasteiger partial charge on any atom is -0.497 e. The molecule has 1 N–H and O–H groups in total. The van der Waals surface area contributed by atoms with Crippen molar-refractivity contribution in [2.75, 3.05) is 34.0 Å². The van der Waals surface area contributed by atoms with Crippen LogP contribution in [0.1, 0.15) is 62.6 Å². The molecular formula is C41H49N4O9P. The quantitative estimate of drug-likeness (QED) is 0.0744. The zero-order valence-corrected chi connectivity index (χ0v) is 33.2. The maximum Gasteiger partial charge on any atom is 0.330 e. The Morgan fingerprint density at radius 1 is 0.927 bits per heavy atom. The van der Waals surface area contributed by atoms with Gasteiger partial charge in [0.1, 0.15) is 34.9 Å². The maximum absolute atomic E-state index is 13.4. The first kappa shape index (κ1) is 40.3. The highest BCUT2D eigenvalue weighted by Gasteiger charge is 2.66. The zero-order chi connectivity index (χ0) is 39.3. The second kappa shape index (κ2) is 17.2. The molecule has 0 aliphatic carbocycles. The molecule has 6 rings (SSSR count). The van der Waals surface area contributed by atoms with Crippen LogP contribution in [-0.2, 0) is 28.9 Å². The van der Waals surface area contributed by atoms with Crippen LogP contribution in [-0.4, -0.2) is 78.2 Å². The molecular weight excluding hydrogens is 723 g/mol. The fourth-order valence-electron chi connectivity index (χ4n) is 7.37. The molecule has 55 heavy (non-hydrogen) atoms. The fraction of sp³-hybridized carbons (Fsp3) is 0.439. The third-order valence-electron chi connectivity index (χ3n) is 9.95. The van der Waals surface area contributed by atoms with Crippen LogP contribution < -0.4 is 20.7 Å². The summed E-state index contributed by atoms with van der Waals surface area (Å²) in [7, 11) is 1.55. The van der Waals surface area contributed by atoms with Crippen molar-refractivity contribution in [2.24, 2.45) is 0 Å². The summed E-state index contributed by atoms with van der Waals surface area (Å²) in [5.74, 6) is 1.35. The molecule has 2 fully saturated rings. The summed E-state index contributed by atoms with van der Waals surface area (Å²) >= 11 is 0. The first-order valence-electron chi connectivity index (χ1n) is 18.3. The minimum absolute atomic E-state index is 0.0357. The zero-order valence-electron chi connectivity index (χ0n) is 32.3. The third kappa shape index (κ3) is 8.00. The standard InChI is InChI=1S/C41H49N4O9P/c1-27(2)45(28(3)4)55(51-23-11-22-42)52-26-40-25-50-35(38(54-40)44-24-29(5)37(46)43-39(44)47)36(40)53-41(30-12-9-8-10-13-30,31-14-18-33(48-6)19-15-31)32-16-20-34(49-7)21-17-32/h8-10,12-21,24,27-28,35-36,38H,11,23,25-26H2,1-7H3,(H,43,46,47)/t35-,36+,38-,40-,55?/m1/s1. The third-order valence-corrected chi connectivity index (χ3v) is 12.0. The minimum atomic E-state index is -1.68. The first-order valence-corrected chi connectivity index (χ1v) is 19.5. The molecule has 3 heterocycles. The Labute approximate surface area is 322 Å². The van der Waals surface area contributed by atoms with E-state index in [1.807, 2.05) is 78.9 Å². The predicted octanol–water partition coefficient (Wildman–Crippen LogP) is 6.20. The van der Waals surface area contributed by atoms with Gasteiger partial charge < -0.3 is 32.7 Å². The summed E-state index contributed by atoms with van der Waals surface area (Å²) < 4.78 is 48.7. The van der Waals surface area contributed by atoms with Crippen LogP contribution in [0.25, 0.3) is 0 Å². The second-order valence-electron chi connectivity index (χ2n) is 14.2. The molecule has 3 aromatic carbocycles. The van der Waals surface area contributed by atoms with E-state index in [2.05, 4.69) is 43.4 Å². The monoisotopic (exact) mass is 772 g/mol. The van der Waals surface area contributed by atoms with E-state index in [1.54, 1.807) is 21.1 Å². The molecule has 2 bridgehead atoms. The van der Waals surface area contributed by atoms with Gasteiger partial charge in [-0.25, -0.2) is 9.46 Å². The van der Waals surface area contributed by atoms with Crippen LogP contribution in [0.2, 0.25) is 0 Å². The average molecular weight is 773 g/mol. The lowest BCUT2D eigenvalue weighted by molar-refractivity contribution is -0.189.